The number of carboxylic acid groups (broad SMARTS) is 2. The van der Waals surface area contributed by atoms with E-state index in [2.05, 4.69) is 60.4 Å². The molecular formula is C57H43N7O6S4. The van der Waals surface area contributed by atoms with Gasteiger partial charge in [0.1, 0.15) is 21.7 Å². The number of aliphatic carboxylic acids is 2. The molecule has 0 bridgehead atoms. The van der Waals surface area contributed by atoms with Crippen LogP contribution in [0.25, 0.3) is 12.2 Å². The van der Waals surface area contributed by atoms with Gasteiger partial charge < -0.3 is 15.1 Å². The smallest absolute Gasteiger partial charge is 0.323 e. The molecule has 9 rings (SSSR count). The van der Waals surface area contributed by atoms with Crippen molar-refractivity contribution in [3.63, 3.8) is 0 Å². The molecule has 0 atom stereocenters. The van der Waals surface area contributed by atoms with Gasteiger partial charge in [0, 0.05) is 17.1 Å². The number of thioether (sulfide) groups is 2. The SMILES string of the molecule is Cc1ccc(N(c2ccc(/C=N/N(c3ccccc3)c3ccc(/C=C4\SC(=S)N(CC(=O)O)C4=O)cc3)cc2)c2ccc(/C=N/N(c3ccccc3)c3ccc(/C=C4\SC(=S)N(CC(=O)O)C4=O)cc3)cc2)cc1. The number of rotatable bonds is 17. The van der Waals surface area contributed by atoms with Crippen LogP contribution in [0.1, 0.15) is 27.8 Å². The van der Waals surface area contributed by atoms with Crippen molar-refractivity contribution in [1.29, 1.82) is 0 Å². The van der Waals surface area contributed by atoms with Crippen LogP contribution in [0.5, 0.6) is 0 Å². The first-order valence-corrected chi connectivity index (χ1v) is 25.3. The number of hydrogen-bond acceptors (Lipinski definition) is 13. The number of para-hydroxylation sites is 2. The molecule has 17 heteroatoms. The second-order valence-electron chi connectivity index (χ2n) is 16.6. The van der Waals surface area contributed by atoms with Crippen molar-refractivity contribution >= 4 is 145 Å². The van der Waals surface area contributed by atoms with Gasteiger partial charge in [-0.15, -0.1) is 0 Å². The summed E-state index contributed by atoms with van der Waals surface area (Å²) in [5.41, 5.74) is 10.5. The van der Waals surface area contributed by atoms with Crippen molar-refractivity contribution in [2.75, 3.05) is 28.0 Å². The number of aryl methyl sites for hydroxylation is 1. The Kier molecular flexibility index (Phi) is 15.6. The number of benzene rings is 7. The van der Waals surface area contributed by atoms with Gasteiger partial charge in [-0.2, -0.15) is 10.2 Å². The van der Waals surface area contributed by atoms with Gasteiger partial charge in [-0.25, -0.2) is 10.0 Å². The quantitative estimate of drug-likeness (QED) is 0.0386. The van der Waals surface area contributed by atoms with E-state index in [1.165, 1.54) is 0 Å². The van der Waals surface area contributed by atoms with Crippen LogP contribution < -0.4 is 14.9 Å². The van der Waals surface area contributed by atoms with Gasteiger partial charge >= 0.3 is 11.9 Å². The van der Waals surface area contributed by atoms with Gasteiger partial charge in [-0.1, -0.05) is 151 Å². The summed E-state index contributed by atoms with van der Waals surface area (Å²) in [5, 5.41) is 32.0. The largest absolute Gasteiger partial charge is 0.480 e. The van der Waals surface area contributed by atoms with E-state index in [1.54, 1.807) is 24.6 Å². The maximum Gasteiger partial charge on any atom is 0.323 e. The van der Waals surface area contributed by atoms with Crippen molar-refractivity contribution in [2.24, 2.45) is 10.2 Å². The van der Waals surface area contributed by atoms with E-state index in [0.717, 1.165) is 101 Å². The molecule has 2 fully saturated rings. The second kappa shape index (κ2) is 22.9. The zero-order valence-electron chi connectivity index (χ0n) is 39.3. The topological polar surface area (TPSA) is 150 Å². The Bertz CT molecular complexity index is 3170. The van der Waals surface area contributed by atoms with Gasteiger partial charge in [0.25, 0.3) is 11.8 Å². The van der Waals surface area contributed by atoms with Crippen LogP contribution in [0.3, 0.4) is 0 Å². The normalized spacial score (nSPS) is 14.8. The Labute approximate surface area is 446 Å². The first-order valence-electron chi connectivity index (χ1n) is 22.9. The average Bonchev–Trinajstić information content (AvgIpc) is 3.82. The number of carboxylic acids is 2. The predicted molar refractivity (Wildman–Crippen MR) is 306 cm³/mol. The lowest BCUT2D eigenvalue weighted by Crippen LogP contribution is -2.33. The number of carbonyl (C=O) groups is 4. The molecule has 0 radical (unpaired) electrons. The first kappa shape index (κ1) is 50.5. The lowest BCUT2D eigenvalue weighted by atomic mass is 10.1. The molecule has 2 heterocycles. The Hall–Kier alpha value is -8.48. The fourth-order valence-electron chi connectivity index (χ4n) is 7.78. The molecule has 0 unspecified atom stereocenters. The van der Waals surface area contributed by atoms with Crippen LogP contribution in [0.15, 0.2) is 202 Å². The molecule has 2 aliphatic heterocycles. The number of nitrogens with zero attached hydrogens (tertiary/aromatic N) is 7. The molecule has 7 aromatic rings. The highest BCUT2D eigenvalue weighted by Crippen LogP contribution is 2.37. The number of amides is 2. The second-order valence-corrected chi connectivity index (χ2v) is 20.0. The summed E-state index contributed by atoms with van der Waals surface area (Å²) in [7, 11) is 0. The number of hydrogen-bond donors (Lipinski definition) is 2. The number of anilines is 7. The van der Waals surface area contributed by atoms with Gasteiger partial charge in [0.2, 0.25) is 0 Å². The van der Waals surface area contributed by atoms with Gasteiger partial charge in [0.15, 0.2) is 0 Å². The molecule has 2 aliphatic rings. The van der Waals surface area contributed by atoms with E-state index in [9.17, 15) is 29.4 Å². The summed E-state index contributed by atoms with van der Waals surface area (Å²) in [5.74, 6) is -3.12. The molecule has 366 valence electrons. The third-order valence-electron chi connectivity index (χ3n) is 11.4. The summed E-state index contributed by atoms with van der Waals surface area (Å²) < 4.78 is 0.425. The van der Waals surface area contributed by atoms with Gasteiger partial charge in [-0.05, 0) is 126 Å². The summed E-state index contributed by atoms with van der Waals surface area (Å²) in [6.07, 6.45) is 7.02. The Balaban J connectivity index is 0.933. The maximum absolute atomic E-state index is 12.9. The van der Waals surface area contributed by atoms with E-state index >= 15 is 0 Å². The van der Waals surface area contributed by atoms with Crippen molar-refractivity contribution < 1.29 is 29.4 Å². The molecule has 0 spiro atoms. The highest BCUT2D eigenvalue weighted by molar-refractivity contribution is 8.27. The molecule has 0 aromatic heterocycles. The van der Waals surface area contributed by atoms with Crippen molar-refractivity contribution in [2.45, 2.75) is 6.92 Å². The van der Waals surface area contributed by atoms with Crippen LogP contribution in [-0.2, 0) is 19.2 Å². The standard InChI is InChI=1S/C57H43N7O6S4/c1-38-12-22-43(23-13-38)62(44-24-18-41(19-25-44)34-58-63(46-8-4-2-5-9-46)48-28-14-39(15-29-48)32-50-54(69)60(36-52(65)66)56(71)73-50)45-26-20-42(21-27-45)35-59-64(47-10-6-3-7-11-47)49-30-16-40(17-31-49)33-51-55(70)61(37-53(67)68)57(72)74-51/h2-35H,36-37H2,1H3,(H,65,66)(H,67,68)/b50-32-,51-33-,58-34+,59-35+. The molecule has 74 heavy (non-hydrogen) atoms. The minimum atomic E-state index is -1.13. The van der Waals surface area contributed by atoms with Gasteiger partial charge in [0.05, 0.1) is 45.0 Å². The maximum atomic E-state index is 12.9. The van der Waals surface area contributed by atoms with Crippen LogP contribution in [0, 0.1) is 6.92 Å². The van der Waals surface area contributed by atoms with Crippen LogP contribution >= 0.6 is 48.0 Å². The van der Waals surface area contributed by atoms with Crippen LogP contribution in [0.2, 0.25) is 0 Å². The van der Waals surface area contributed by atoms with Crippen molar-refractivity contribution in [3.8, 4) is 0 Å². The van der Waals surface area contributed by atoms with E-state index < -0.39 is 36.8 Å². The zero-order valence-corrected chi connectivity index (χ0v) is 42.6. The van der Waals surface area contributed by atoms with Crippen molar-refractivity contribution in [3.05, 3.63) is 220 Å². The van der Waals surface area contributed by atoms with E-state index in [4.69, 9.17) is 34.6 Å². The third kappa shape index (κ3) is 12.1. The zero-order chi connectivity index (χ0) is 51.7. The van der Waals surface area contributed by atoms with E-state index in [1.807, 2.05) is 143 Å². The van der Waals surface area contributed by atoms with Crippen LogP contribution in [0.4, 0.5) is 39.8 Å². The summed E-state index contributed by atoms with van der Waals surface area (Å²) in [4.78, 5) is 53.4. The lowest BCUT2D eigenvalue weighted by Gasteiger charge is -2.26. The Morgan fingerprint density at radius 2 is 0.784 bits per heavy atom. The minimum Gasteiger partial charge on any atom is -0.480 e. The molecule has 2 amide bonds. The van der Waals surface area contributed by atoms with E-state index in [-0.39, 0.29) is 8.64 Å². The molecule has 2 saturated heterocycles. The summed E-state index contributed by atoms with van der Waals surface area (Å²) >= 11 is 12.7. The monoisotopic (exact) mass is 1050 g/mol. The fraction of sp³-hybridized carbons (Fsp3) is 0.0526. The summed E-state index contributed by atoms with van der Waals surface area (Å²) in [6.45, 7) is 1.10. The average molecular weight is 1050 g/mol. The Morgan fingerprint density at radius 3 is 1.14 bits per heavy atom. The number of carbonyl (C=O) groups excluding carboxylic acids is 2. The van der Waals surface area contributed by atoms with Gasteiger partial charge in [-0.3, -0.25) is 29.0 Å². The molecule has 13 nitrogen and oxygen atoms in total. The third-order valence-corrected chi connectivity index (χ3v) is 14.2. The highest BCUT2D eigenvalue weighted by Gasteiger charge is 2.34. The predicted octanol–water partition coefficient (Wildman–Crippen LogP) is 12.4. The van der Waals surface area contributed by atoms with Crippen molar-refractivity contribution in [1.82, 2.24) is 9.80 Å². The highest BCUT2D eigenvalue weighted by atomic mass is 32.2. The first-order chi connectivity index (χ1) is 35.9. The molecular weight excluding hydrogens is 1010 g/mol. The lowest BCUT2D eigenvalue weighted by molar-refractivity contribution is -0.140. The molecule has 2 N–H and O–H groups in total. The Morgan fingerprint density at radius 1 is 0.473 bits per heavy atom. The van der Waals surface area contributed by atoms with E-state index in [0.29, 0.717) is 9.81 Å². The molecule has 7 aromatic carbocycles. The van der Waals surface area contributed by atoms with Crippen LogP contribution in [-0.4, -0.2) is 77.9 Å². The summed E-state index contributed by atoms with van der Waals surface area (Å²) in [6, 6.07) is 59.4. The molecule has 0 saturated carbocycles. The molecule has 0 aliphatic carbocycles. The number of thiocarbonyl (C=S) groups is 2. The fourth-order valence-corrected chi connectivity index (χ4v) is 10.3. The number of hydrazone groups is 2. The minimum absolute atomic E-state index is 0.212.